The summed E-state index contributed by atoms with van der Waals surface area (Å²) in [6.07, 6.45) is 0.204. The van der Waals surface area contributed by atoms with Gasteiger partial charge in [-0.25, -0.2) is 9.18 Å². The predicted octanol–water partition coefficient (Wildman–Crippen LogP) is 3.27. The molecule has 0 heterocycles. The minimum Gasteiger partial charge on any atom is -0.464 e. The number of halogens is 3. The highest BCUT2D eigenvalue weighted by atomic mass is 35.5. The lowest BCUT2D eigenvalue weighted by atomic mass is 10.0. The number of nitrogens with zero attached hydrogens (tertiary/aromatic N) is 1. The standard InChI is InChI=1S/C24H30Cl2FN3O3/c1-2-33-24(32)22(16-18-3-7-19(27)8-4-18)29-23(31)21(28)15-17-5-9-20(10-6-17)30(13-11-25)14-12-26/h3-10,21-22H,2,11-16,28H2,1H3,(H,29,31)/i11D2,14D2. The first kappa shape index (κ1) is 21.2. The van der Waals surface area contributed by atoms with Crippen molar-refractivity contribution in [1.29, 1.82) is 0 Å². The molecule has 180 valence electrons. The molecule has 0 aromatic heterocycles. The van der Waals surface area contributed by atoms with Gasteiger partial charge in [-0.15, -0.1) is 23.2 Å². The Bertz CT molecular complexity index is 1040. The second-order valence-corrected chi connectivity index (χ2v) is 7.67. The van der Waals surface area contributed by atoms with E-state index in [9.17, 15) is 14.0 Å². The lowest BCUT2D eigenvalue weighted by Gasteiger charge is -2.23. The molecule has 3 N–H and O–H groups in total. The minimum absolute atomic E-state index is 0.0960. The van der Waals surface area contributed by atoms with Gasteiger partial charge in [-0.2, -0.15) is 0 Å². The van der Waals surface area contributed by atoms with Crippen molar-refractivity contribution in [2.45, 2.75) is 31.8 Å². The monoisotopic (exact) mass is 501 g/mol. The molecule has 0 aliphatic carbocycles. The first-order valence-electron chi connectivity index (χ1n) is 12.3. The highest BCUT2D eigenvalue weighted by molar-refractivity contribution is 6.18. The molecule has 2 aromatic rings. The smallest absolute Gasteiger partial charge is 0.328 e. The molecule has 1 amide bonds. The average molecular weight is 502 g/mol. The first-order chi connectivity index (χ1) is 17.3. The molecular weight excluding hydrogens is 468 g/mol. The number of carbonyl (C=O) groups excluding carboxylic acids is 2. The summed E-state index contributed by atoms with van der Waals surface area (Å²) in [5, 5.41) is 2.61. The molecule has 2 aromatic carbocycles. The number of nitrogens with two attached hydrogens (primary N) is 1. The van der Waals surface area contributed by atoms with E-state index in [0.29, 0.717) is 16.8 Å². The molecule has 0 bridgehead atoms. The number of carbonyl (C=O) groups is 2. The number of ether oxygens (including phenoxy) is 1. The summed E-state index contributed by atoms with van der Waals surface area (Å²) >= 11 is 11.4. The molecule has 2 unspecified atom stereocenters. The van der Waals surface area contributed by atoms with Gasteiger partial charge in [0.1, 0.15) is 11.9 Å². The molecular formula is C24H30Cl2FN3O3. The summed E-state index contributed by atoms with van der Waals surface area (Å²) in [7, 11) is 0. The highest BCUT2D eigenvalue weighted by Gasteiger charge is 2.25. The average Bonchev–Trinajstić information content (AvgIpc) is 2.83. The van der Waals surface area contributed by atoms with Crippen molar-refractivity contribution in [1.82, 2.24) is 5.32 Å². The Hall–Kier alpha value is -2.35. The Labute approximate surface area is 209 Å². The van der Waals surface area contributed by atoms with Gasteiger partial charge in [-0.3, -0.25) is 4.79 Å². The maximum atomic E-state index is 13.2. The molecule has 2 rings (SSSR count). The highest BCUT2D eigenvalue weighted by Crippen LogP contribution is 2.16. The SMILES string of the molecule is [2H]C([2H])(Cl)CN(c1ccc(CC(N)C(=O)NC(Cc2ccc(F)cc2)C(=O)OCC)cc1)C([2H])([2H])CCl. The fourth-order valence-electron chi connectivity index (χ4n) is 3.10. The van der Waals surface area contributed by atoms with Gasteiger partial charge < -0.3 is 20.7 Å². The van der Waals surface area contributed by atoms with Gasteiger partial charge in [-0.1, -0.05) is 24.3 Å². The Morgan fingerprint density at radius 3 is 2.30 bits per heavy atom. The van der Waals surface area contributed by atoms with Gasteiger partial charge in [-0.05, 0) is 48.7 Å². The van der Waals surface area contributed by atoms with E-state index in [1.165, 1.54) is 24.3 Å². The van der Waals surface area contributed by atoms with Crippen molar-refractivity contribution in [3.63, 3.8) is 0 Å². The summed E-state index contributed by atoms with van der Waals surface area (Å²) in [5.41, 5.74) is 7.72. The van der Waals surface area contributed by atoms with Crippen molar-refractivity contribution < 1.29 is 24.2 Å². The van der Waals surface area contributed by atoms with E-state index in [1.54, 1.807) is 31.2 Å². The van der Waals surface area contributed by atoms with Crippen LogP contribution in [0.1, 0.15) is 23.5 Å². The van der Waals surface area contributed by atoms with Gasteiger partial charge in [0, 0.05) is 39.6 Å². The van der Waals surface area contributed by atoms with Crippen LogP contribution in [0.4, 0.5) is 10.1 Å². The fourth-order valence-corrected chi connectivity index (χ4v) is 3.36. The van der Waals surface area contributed by atoms with E-state index >= 15 is 0 Å². The molecule has 0 fully saturated rings. The van der Waals surface area contributed by atoms with Crippen molar-refractivity contribution in [2.75, 3.05) is 36.3 Å². The number of benzene rings is 2. The quantitative estimate of drug-likeness (QED) is 0.325. The lowest BCUT2D eigenvalue weighted by molar-refractivity contribution is -0.147. The molecule has 0 radical (unpaired) electrons. The number of rotatable bonds is 13. The third kappa shape index (κ3) is 8.84. The van der Waals surface area contributed by atoms with Crippen LogP contribution in [0.5, 0.6) is 0 Å². The van der Waals surface area contributed by atoms with Gasteiger partial charge in [0.25, 0.3) is 0 Å². The summed E-state index contributed by atoms with van der Waals surface area (Å²) in [4.78, 5) is 26.3. The third-order valence-corrected chi connectivity index (χ3v) is 4.99. The number of nitrogens with one attached hydrogen (secondary N) is 1. The number of hydrogen-bond donors (Lipinski definition) is 2. The van der Waals surface area contributed by atoms with Gasteiger partial charge in [0.15, 0.2) is 0 Å². The molecule has 33 heavy (non-hydrogen) atoms. The van der Waals surface area contributed by atoms with Crippen LogP contribution >= 0.6 is 23.2 Å². The van der Waals surface area contributed by atoms with E-state index in [-0.39, 0.29) is 19.4 Å². The maximum absolute atomic E-state index is 13.2. The van der Waals surface area contributed by atoms with Crippen molar-refractivity contribution in [2.24, 2.45) is 5.73 Å². The first-order valence-corrected chi connectivity index (χ1v) is 11.3. The van der Waals surface area contributed by atoms with Crippen molar-refractivity contribution in [3.8, 4) is 0 Å². The molecule has 0 aliphatic rings. The number of esters is 1. The fraction of sp³-hybridized carbons (Fsp3) is 0.417. The van der Waals surface area contributed by atoms with Crippen molar-refractivity contribution >= 4 is 40.8 Å². The van der Waals surface area contributed by atoms with E-state index in [1.807, 2.05) is 0 Å². The number of hydrogen-bond acceptors (Lipinski definition) is 5. The van der Waals surface area contributed by atoms with E-state index in [4.69, 9.17) is 39.2 Å². The Balaban J connectivity index is 2.11. The third-order valence-electron chi connectivity index (χ3n) is 4.75. The topological polar surface area (TPSA) is 84.7 Å². The number of amides is 1. The largest absolute Gasteiger partial charge is 0.464 e. The van der Waals surface area contributed by atoms with Crippen LogP contribution in [0.15, 0.2) is 48.5 Å². The van der Waals surface area contributed by atoms with Crippen LogP contribution < -0.4 is 16.0 Å². The molecule has 2 atom stereocenters. The van der Waals surface area contributed by atoms with E-state index < -0.39 is 54.5 Å². The number of alkyl halides is 2. The van der Waals surface area contributed by atoms with Crippen LogP contribution in [0.3, 0.4) is 0 Å². The zero-order valence-electron chi connectivity index (χ0n) is 22.2. The van der Waals surface area contributed by atoms with E-state index in [2.05, 4.69) is 5.32 Å². The molecule has 0 saturated carbocycles. The Kier molecular flexibility index (Phi) is 9.01. The zero-order valence-corrected chi connectivity index (χ0v) is 19.7. The summed E-state index contributed by atoms with van der Waals surface area (Å²) in [6.45, 7) is -0.741. The van der Waals surface area contributed by atoms with Crippen LogP contribution in [0, 0.1) is 5.82 Å². The minimum atomic E-state index is -2.19. The summed E-state index contributed by atoms with van der Waals surface area (Å²) < 4.78 is 49.7. The van der Waals surface area contributed by atoms with Crippen LogP contribution in [-0.4, -0.2) is 55.3 Å². The molecule has 9 heteroatoms. The van der Waals surface area contributed by atoms with Gasteiger partial charge in [0.05, 0.1) is 15.4 Å². The molecule has 0 aliphatic heterocycles. The van der Waals surface area contributed by atoms with Gasteiger partial charge in [0.2, 0.25) is 5.91 Å². The normalized spacial score (nSPS) is 15.3. The van der Waals surface area contributed by atoms with Crippen molar-refractivity contribution in [3.05, 3.63) is 65.5 Å². The zero-order chi connectivity index (χ0) is 27.8. The summed E-state index contributed by atoms with van der Waals surface area (Å²) in [5.74, 6) is -4.24. The van der Waals surface area contributed by atoms with Crippen LogP contribution in [0.2, 0.25) is 0 Å². The van der Waals surface area contributed by atoms with Crippen LogP contribution in [-0.2, 0) is 27.2 Å². The maximum Gasteiger partial charge on any atom is 0.328 e. The molecule has 0 saturated heterocycles. The predicted molar refractivity (Wildman–Crippen MR) is 130 cm³/mol. The molecule has 6 nitrogen and oxygen atoms in total. The Morgan fingerprint density at radius 1 is 1.12 bits per heavy atom. The van der Waals surface area contributed by atoms with Crippen LogP contribution in [0.25, 0.3) is 0 Å². The summed E-state index contributed by atoms with van der Waals surface area (Å²) in [6, 6.07) is 9.90. The second-order valence-electron chi connectivity index (χ2n) is 7.13. The number of anilines is 1. The van der Waals surface area contributed by atoms with E-state index in [0.717, 1.165) is 4.90 Å². The second kappa shape index (κ2) is 14.0. The molecule has 0 spiro atoms. The van der Waals surface area contributed by atoms with Gasteiger partial charge >= 0.3 is 5.97 Å². The Morgan fingerprint density at radius 2 is 1.73 bits per heavy atom. The lowest BCUT2D eigenvalue weighted by Crippen LogP contribution is -2.50.